The van der Waals surface area contributed by atoms with Crippen LogP contribution in [0.2, 0.25) is 0 Å². The number of aliphatic hydroxyl groups excluding tert-OH is 1. The number of hydrogen-bond donors (Lipinski definition) is 2. The van der Waals surface area contributed by atoms with Crippen molar-refractivity contribution in [2.24, 2.45) is 0 Å². The summed E-state index contributed by atoms with van der Waals surface area (Å²) < 4.78 is 5.51. The molecule has 4 rings (SSSR count). The molecule has 1 aromatic carbocycles. The van der Waals surface area contributed by atoms with E-state index in [0.29, 0.717) is 41.8 Å². The van der Waals surface area contributed by atoms with E-state index in [-0.39, 0.29) is 23.0 Å². The van der Waals surface area contributed by atoms with Gasteiger partial charge in [0.05, 0.1) is 23.6 Å². The number of fused-ring (bicyclic) bond motifs is 3. The number of aromatic nitrogens is 2. The molecule has 1 aliphatic heterocycles. The first-order chi connectivity index (χ1) is 11.9. The van der Waals surface area contributed by atoms with Gasteiger partial charge in [0.2, 0.25) is 5.58 Å². The van der Waals surface area contributed by atoms with Crippen LogP contribution >= 0.6 is 0 Å². The summed E-state index contributed by atoms with van der Waals surface area (Å²) in [4.78, 5) is 32.1. The second kappa shape index (κ2) is 5.64. The van der Waals surface area contributed by atoms with Crippen LogP contribution in [0.4, 0.5) is 5.69 Å². The molecule has 1 fully saturated rings. The van der Waals surface area contributed by atoms with Gasteiger partial charge in [-0.25, -0.2) is 4.98 Å². The molecule has 1 aliphatic rings. The molecule has 0 spiro atoms. The normalized spacial score (nSPS) is 18.4. The maximum absolute atomic E-state index is 12.3. The summed E-state index contributed by atoms with van der Waals surface area (Å²) in [5.74, 6) is 0.477. The molecule has 2 N–H and O–H groups in total. The minimum Gasteiger partial charge on any atom is -0.448 e. The summed E-state index contributed by atoms with van der Waals surface area (Å²) in [5.41, 5.74) is 0.711. The fourth-order valence-corrected chi connectivity index (χ4v) is 3.28. The zero-order valence-electron chi connectivity index (χ0n) is 13.5. The molecule has 130 valence electrons. The number of rotatable bonds is 3. The highest BCUT2D eigenvalue weighted by Gasteiger charge is 2.23. The van der Waals surface area contributed by atoms with Gasteiger partial charge >= 0.3 is 0 Å². The first-order valence-electron chi connectivity index (χ1n) is 7.93. The second-order valence-electron chi connectivity index (χ2n) is 6.36. The van der Waals surface area contributed by atoms with Gasteiger partial charge in [0.15, 0.2) is 0 Å². The minimum absolute atomic E-state index is 0.0557. The first-order valence-corrected chi connectivity index (χ1v) is 7.93. The molecule has 9 heteroatoms. The van der Waals surface area contributed by atoms with Crippen LogP contribution in [-0.4, -0.2) is 44.1 Å². The number of nitrogens with zero attached hydrogens (tertiary/aromatic N) is 3. The van der Waals surface area contributed by atoms with Gasteiger partial charge in [-0.3, -0.25) is 19.8 Å². The van der Waals surface area contributed by atoms with Crippen LogP contribution in [0.15, 0.2) is 21.3 Å². The van der Waals surface area contributed by atoms with E-state index in [2.05, 4.69) is 9.97 Å². The number of aromatic amines is 1. The highest BCUT2D eigenvalue weighted by atomic mass is 16.6. The van der Waals surface area contributed by atoms with Gasteiger partial charge < -0.3 is 14.5 Å². The number of nitro benzene ring substituents is 1. The molecule has 3 heterocycles. The summed E-state index contributed by atoms with van der Waals surface area (Å²) in [6.07, 6.45) is 0.345. The molecular formula is C16H16N4O5. The minimum atomic E-state index is -0.482. The van der Waals surface area contributed by atoms with Crippen molar-refractivity contribution in [3.8, 4) is 0 Å². The van der Waals surface area contributed by atoms with E-state index in [9.17, 15) is 20.0 Å². The Labute approximate surface area is 141 Å². The van der Waals surface area contributed by atoms with Crippen molar-refractivity contribution in [2.75, 3.05) is 13.1 Å². The molecule has 25 heavy (non-hydrogen) atoms. The Kier molecular flexibility index (Phi) is 3.55. The van der Waals surface area contributed by atoms with E-state index in [0.717, 1.165) is 6.54 Å². The SMILES string of the molecule is Cc1cc2c(cc1[N+](=O)[O-])oc1c(=O)[nH]c(CN3CC[C@H](O)C3)nc12. The third-order valence-electron chi connectivity index (χ3n) is 4.51. The van der Waals surface area contributed by atoms with Crippen molar-refractivity contribution in [3.63, 3.8) is 0 Å². The van der Waals surface area contributed by atoms with Crippen LogP contribution in [0.1, 0.15) is 17.8 Å². The molecule has 1 saturated heterocycles. The lowest BCUT2D eigenvalue weighted by molar-refractivity contribution is -0.385. The van der Waals surface area contributed by atoms with Gasteiger partial charge in [0.1, 0.15) is 16.9 Å². The summed E-state index contributed by atoms with van der Waals surface area (Å²) in [7, 11) is 0. The highest BCUT2D eigenvalue weighted by Crippen LogP contribution is 2.31. The number of aryl methyl sites for hydroxylation is 1. The smallest absolute Gasteiger partial charge is 0.294 e. The Bertz CT molecular complexity index is 1050. The lowest BCUT2D eigenvalue weighted by Crippen LogP contribution is -2.24. The topological polar surface area (TPSA) is 125 Å². The number of benzene rings is 1. The number of nitro groups is 1. The lowest BCUT2D eigenvalue weighted by Gasteiger charge is -2.13. The maximum atomic E-state index is 12.3. The Morgan fingerprint density at radius 3 is 3.00 bits per heavy atom. The molecule has 0 unspecified atom stereocenters. The number of H-pyrrole nitrogens is 1. The number of likely N-dealkylation sites (tertiary alicyclic amines) is 1. The Hall–Kier alpha value is -2.78. The van der Waals surface area contributed by atoms with Crippen LogP contribution in [0.25, 0.3) is 22.1 Å². The maximum Gasteiger partial charge on any atom is 0.294 e. The van der Waals surface area contributed by atoms with Crippen molar-refractivity contribution in [3.05, 3.63) is 44.0 Å². The van der Waals surface area contributed by atoms with Crippen LogP contribution < -0.4 is 5.56 Å². The predicted octanol–water partition coefficient (Wildman–Crippen LogP) is 1.45. The van der Waals surface area contributed by atoms with E-state index < -0.39 is 10.5 Å². The fourth-order valence-electron chi connectivity index (χ4n) is 3.28. The number of aliphatic hydroxyl groups is 1. The van der Waals surface area contributed by atoms with Gasteiger partial charge in [-0.2, -0.15) is 0 Å². The van der Waals surface area contributed by atoms with Gasteiger partial charge in [0.25, 0.3) is 11.2 Å². The van der Waals surface area contributed by atoms with E-state index in [4.69, 9.17) is 4.42 Å². The van der Waals surface area contributed by atoms with Crippen molar-refractivity contribution in [1.82, 2.24) is 14.9 Å². The van der Waals surface area contributed by atoms with Gasteiger partial charge in [-0.15, -0.1) is 0 Å². The van der Waals surface area contributed by atoms with Crippen molar-refractivity contribution < 1.29 is 14.4 Å². The summed E-state index contributed by atoms with van der Waals surface area (Å²) in [6, 6.07) is 2.94. The second-order valence-corrected chi connectivity index (χ2v) is 6.36. The third-order valence-corrected chi connectivity index (χ3v) is 4.51. The molecule has 9 nitrogen and oxygen atoms in total. The molecule has 3 aromatic rings. The Balaban J connectivity index is 1.84. The number of nitrogens with one attached hydrogen (secondary N) is 1. The number of β-amino-alcohol motifs (C(OH)–C–C–N with tert-alkyl or cyclic N) is 1. The quantitative estimate of drug-likeness (QED) is 0.544. The third kappa shape index (κ3) is 2.67. The van der Waals surface area contributed by atoms with Gasteiger partial charge in [-0.05, 0) is 19.4 Å². The molecule has 2 aromatic heterocycles. The van der Waals surface area contributed by atoms with E-state index in [1.165, 1.54) is 6.07 Å². The van der Waals surface area contributed by atoms with Crippen molar-refractivity contribution in [1.29, 1.82) is 0 Å². The molecule has 0 radical (unpaired) electrons. The highest BCUT2D eigenvalue weighted by molar-refractivity contribution is 6.03. The first kappa shape index (κ1) is 15.7. The van der Waals surface area contributed by atoms with Crippen LogP contribution in [-0.2, 0) is 6.54 Å². The zero-order valence-corrected chi connectivity index (χ0v) is 13.5. The molecule has 0 saturated carbocycles. The summed E-state index contributed by atoms with van der Waals surface area (Å²) in [6.45, 7) is 3.33. The molecule has 1 atom stereocenters. The Morgan fingerprint density at radius 1 is 1.52 bits per heavy atom. The number of hydrogen-bond acceptors (Lipinski definition) is 7. The summed E-state index contributed by atoms with van der Waals surface area (Å²) in [5, 5.41) is 21.3. The van der Waals surface area contributed by atoms with Crippen LogP contribution in [0.5, 0.6) is 0 Å². The fraction of sp³-hybridized carbons (Fsp3) is 0.375. The summed E-state index contributed by atoms with van der Waals surface area (Å²) >= 11 is 0. The van der Waals surface area contributed by atoms with Gasteiger partial charge in [0, 0.05) is 24.0 Å². The van der Waals surface area contributed by atoms with Crippen molar-refractivity contribution in [2.45, 2.75) is 26.0 Å². The lowest BCUT2D eigenvalue weighted by atomic mass is 10.1. The largest absolute Gasteiger partial charge is 0.448 e. The molecular weight excluding hydrogens is 328 g/mol. The van der Waals surface area contributed by atoms with Crippen LogP contribution in [0.3, 0.4) is 0 Å². The molecule has 0 bridgehead atoms. The standard InChI is InChI=1S/C16H16N4O5/c1-8-4-10-12(5-11(8)20(23)24)25-15-14(10)17-13(18-16(15)22)7-19-3-2-9(21)6-19/h4-5,9,21H,2-3,6-7H2,1H3,(H,17,18,22)/t9-/m0/s1. The zero-order chi connectivity index (χ0) is 17.7. The van der Waals surface area contributed by atoms with Crippen LogP contribution in [0, 0.1) is 17.0 Å². The Morgan fingerprint density at radius 2 is 2.32 bits per heavy atom. The van der Waals surface area contributed by atoms with Crippen molar-refractivity contribution >= 4 is 27.8 Å². The van der Waals surface area contributed by atoms with E-state index >= 15 is 0 Å². The van der Waals surface area contributed by atoms with E-state index in [1.807, 2.05) is 4.90 Å². The average molecular weight is 344 g/mol. The number of furan rings is 1. The average Bonchev–Trinajstić information content (AvgIpc) is 3.10. The van der Waals surface area contributed by atoms with E-state index in [1.54, 1.807) is 13.0 Å². The van der Waals surface area contributed by atoms with Gasteiger partial charge in [-0.1, -0.05) is 0 Å². The molecule has 0 amide bonds. The monoisotopic (exact) mass is 344 g/mol. The predicted molar refractivity (Wildman–Crippen MR) is 89.4 cm³/mol. The molecule has 0 aliphatic carbocycles.